The molecule has 0 aliphatic carbocycles. The van der Waals surface area contributed by atoms with E-state index in [1.165, 1.54) is 36.4 Å². The van der Waals surface area contributed by atoms with Crippen molar-refractivity contribution < 1.29 is 26.3 Å². The van der Waals surface area contributed by atoms with Gasteiger partial charge < -0.3 is 4.89 Å². The Kier molecular flexibility index (Phi) is 6.69. The van der Waals surface area contributed by atoms with Crippen LogP contribution in [-0.2, 0) is 24.6 Å². The summed E-state index contributed by atoms with van der Waals surface area (Å²) in [5, 5.41) is 2.66. The van der Waals surface area contributed by atoms with E-state index in [1.807, 2.05) is 24.3 Å². The summed E-state index contributed by atoms with van der Waals surface area (Å²) in [4.78, 5) is 11.7. The summed E-state index contributed by atoms with van der Waals surface area (Å²) in [6, 6.07) is 32.5. The molecular formula is C34H27N2O6PS2. The second-order valence-corrected chi connectivity index (χ2v) is 16.9. The van der Waals surface area contributed by atoms with Crippen LogP contribution >= 0.6 is 7.67 Å². The van der Waals surface area contributed by atoms with Crippen LogP contribution in [0.4, 0.5) is 11.4 Å². The fraction of sp³-hybridized carbons (Fsp3) is 0.0588. The highest BCUT2D eigenvalue weighted by molar-refractivity contribution is 8.06. The highest BCUT2D eigenvalue weighted by Crippen LogP contribution is 2.65. The minimum Gasteiger partial charge on any atom is -0.312 e. The molecule has 0 saturated heterocycles. The third-order valence-corrected chi connectivity index (χ3v) is 15.0. The van der Waals surface area contributed by atoms with Crippen LogP contribution in [0.15, 0.2) is 131 Å². The average Bonchev–Trinajstić information content (AvgIpc) is 3.11. The van der Waals surface area contributed by atoms with E-state index in [1.54, 1.807) is 74.5 Å². The zero-order valence-corrected chi connectivity index (χ0v) is 26.7. The van der Waals surface area contributed by atoms with Gasteiger partial charge >= 0.3 is 7.67 Å². The number of fused-ring (bicyclic) bond motifs is 7. The molecule has 0 bridgehead atoms. The number of benzene rings is 6. The first-order chi connectivity index (χ1) is 21.4. The summed E-state index contributed by atoms with van der Waals surface area (Å²) in [6.07, 6.45) is 0. The monoisotopic (exact) mass is 654 g/mol. The van der Waals surface area contributed by atoms with Crippen molar-refractivity contribution in [3.8, 4) is 11.1 Å². The van der Waals surface area contributed by atoms with Gasteiger partial charge in [-0.1, -0.05) is 96.1 Å². The number of hydrogen-bond acceptors (Lipinski definition) is 5. The molecule has 1 N–H and O–H groups in total. The number of sulfonamides is 2. The van der Waals surface area contributed by atoms with Gasteiger partial charge in [-0.15, -0.1) is 0 Å². The van der Waals surface area contributed by atoms with Gasteiger partial charge in [0.25, 0.3) is 20.0 Å². The third-order valence-electron chi connectivity index (χ3n) is 8.04. The van der Waals surface area contributed by atoms with Gasteiger partial charge in [-0.25, -0.2) is 21.4 Å². The molecule has 7 rings (SSSR count). The van der Waals surface area contributed by atoms with Crippen LogP contribution < -0.4 is 8.15 Å². The average molecular weight is 655 g/mol. The predicted molar refractivity (Wildman–Crippen MR) is 178 cm³/mol. The van der Waals surface area contributed by atoms with Crippen molar-refractivity contribution in [2.75, 3.05) is 8.15 Å². The van der Waals surface area contributed by atoms with Crippen molar-refractivity contribution in [3.63, 3.8) is 0 Å². The second kappa shape index (κ2) is 10.3. The molecule has 0 fully saturated rings. The number of anilines is 2. The van der Waals surface area contributed by atoms with E-state index < -0.39 is 27.7 Å². The van der Waals surface area contributed by atoms with Crippen LogP contribution in [0.2, 0.25) is 0 Å². The third kappa shape index (κ3) is 4.48. The first kappa shape index (κ1) is 29.3. The molecule has 0 amide bonds. The van der Waals surface area contributed by atoms with E-state index >= 15 is 4.57 Å². The summed E-state index contributed by atoms with van der Waals surface area (Å²) < 4.78 is 74.4. The zero-order chi connectivity index (χ0) is 31.7. The van der Waals surface area contributed by atoms with Gasteiger partial charge in [0.2, 0.25) is 0 Å². The second-order valence-electron chi connectivity index (χ2n) is 11.0. The molecular weight excluding hydrogens is 627 g/mol. The molecule has 6 aromatic carbocycles. The maximum Gasteiger partial charge on any atom is 0.422 e. The van der Waals surface area contributed by atoms with Crippen LogP contribution in [0, 0.1) is 13.8 Å². The van der Waals surface area contributed by atoms with Gasteiger partial charge in [-0.2, -0.15) is 8.15 Å². The first-order valence-electron chi connectivity index (χ1n) is 14.0. The molecule has 11 heteroatoms. The number of rotatable bonds is 4. The molecule has 0 unspecified atom stereocenters. The molecule has 6 aromatic rings. The standard InChI is InChI=1S/C34H27N2O6PS2/c1-23-11-17-27(18-12-23)44(39,40)35-31-21-15-25-7-3-5-9-29(25)33(31)34-30-10-6-4-8-26(30)16-22-32(34)36(43(35,37)38)45(41,42)28-19-13-24(2)14-20-28/h3-22H,1-2H3,(H,37,38). The van der Waals surface area contributed by atoms with Gasteiger partial charge in [0.1, 0.15) is 0 Å². The van der Waals surface area contributed by atoms with Crippen LogP contribution in [0.1, 0.15) is 11.1 Å². The number of hydrogen-bond donors (Lipinski definition) is 1. The largest absolute Gasteiger partial charge is 0.422 e. The Labute approximate surface area is 261 Å². The minimum atomic E-state index is -5.58. The summed E-state index contributed by atoms with van der Waals surface area (Å²) in [5.74, 6) is 0. The van der Waals surface area contributed by atoms with Gasteiger partial charge in [-0.3, -0.25) is 0 Å². The molecule has 226 valence electrons. The molecule has 1 aliphatic heterocycles. The van der Waals surface area contributed by atoms with E-state index in [0.29, 0.717) is 30.1 Å². The van der Waals surface area contributed by atoms with Gasteiger partial charge in [-0.05, 0) is 71.8 Å². The molecule has 45 heavy (non-hydrogen) atoms. The SMILES string of the molecule is Cc1ccc(S(=O)(=O)N2c3ccc4ccccc4c3-c3c(ccc4ccccc34)N(S(=O)(=O)c3ccc(C)cc3)P2(=O)O)cc1. The zero-order valence-electron chi connectivity index (χ0n) is 24.2. The van der Waals surface area contributed by atoms with Crippen molar-refractivity contribution in [2.24, 2.45) is 0 Å². The van der Waals surface area contributed by atoms with E-state index in [2.05, 4.69) is 0 Å². The Morgan fingerprint density at radius 3 is 1.24 bits per heavy atom. The van der Waals surface area contributed by atoms with Crippen molar-refractivity contribution >= 4 is 60.6 Å². The van der Waals surface area contributed by atoms with E-state index in [-0.39, 0.29) is 21.2 Å². The Bertz CT molecular complexity index is 2260. The molecule has 0 atom stereocenters. The lowest BCUT2D eigenvalue weighted by molar-refractivity contribution is 0.479. The predicted octanol–water partition coefficient (Wildman–Crippen LogP) is 7.78. The first-order valence-corrected chi connectivity index (χ1v) is 18.5. The van der Waals surface area contributed by atoms with Crippen LogP contribution in [0.5, 0.6) is 0 Å². The molecule has 1 aliphatic rings. The highest BCUT2D eigenvalue weighted by Gasteiger charge is 2.53. The van der Waals surface area contributed by atoms with Crippen molar-refractivity contribution in [2.45, 2.75) is 23.6 Å². The summed E-state index contributed by atoms with van der Waals surface area (Å²) in [7, 11) is -15.2. The Morgan fingerprint density at radius 2 is 0.867 bits per heavy atom. The summed E-state index contributed by atoms with van der Waals surface area (Å²) >= 11 is 0. The molecule has 1 heterocycles. The molecule has 0 spiro atoms. The maximum absolute atomic E-state index is 15.1. The lowest BCUT2D eigenvalue weighted by Crippen LogP contribution is -2.38. The number of nitrogens with zero attached hydrogens (tertiary/aromatic N) is 2. The van der Waals surface area contributed by atoms with Crippen LogP contribution in [0.3, 0.4) is 0 Å². The number of aryl methyl sites for hydroxylation is 2. The normalized spacial score (nSPS) is 14.6. The minimum absolute atomic E-state index is 0.112. The quantitative estimate of drug-likeness (QED) is 0.194. The fourth-order valence-electron chi connectivity index (χ4n) is 5.88. The van der Waals surface area contributed by atoms with E-state index in [9.17, 15) is 21.7 Å². The van der Waals surface area contributed by atoms with E-state index in [4.69, 9.17) is 0 Å². The van der Waals surface area contributed by atoms with Gasteiger partial charge in [0, 0.05) is 11.1 Å². The van der Waals surface area contributed by atoms with Crippen molar-refractivity contribution in [1.29, 1.82) is 0 Å². The Balaban J connectivity index is 1.69. The van der Waals surface area contributed by atoms with Crippen LogP contribution in [-0.4, -0.2) is 21.7 Å². The lowest BCUT2D eigenvalue weighted by Gasteiger charge is -2.34. The molecule has 0 aromatic heterocycles. The molecule has 0 radical (unpaired) electrons. The fourth-order valence-corrected chi connectivity index (χ4v) is 12.5. The Hall–Kier alpha value is -4.47. The van der Waals surface area contributed by atoms with Gasteiger partial charge in [0.15, 0.2) is 0 Å². The lowest BCUT2D eigenvalue weighted by atomic mass is 9.91. The van der Waals surface area contributed by atoms with Crippen molar-refractivity contribution in [3.05, 3.63) is 132 Å². The van der Waals surface area contributed by atoms with Crippen LogP contribution in [0.25, 0.3) is 32.7 Å². The maximum atomic E-state index is 15.1. The molecule has 0 saturated carbocycles. The summed E-state index contributed by atoms with van der Waals surface area (Å²) in [5.41, 5.74) is 1.99. The van der Waals surface area contributed by atoms with E-state index in [0.717, 1.165) is 21.9 Å². The highest BCUT2D eigenvalue weighted by atomic mass is 32.2. The van der Waals surface area contributed by atoms with Crippen molar-refractivity contribution in [1.82, 2.24) is 0 Å². The topological polar surface area (TPSA) is 112 Å². The van der Waals surface area contributed by atoms with Gasteiger partial charge in [0.05, 0.1) is 21.2 Å². The molecule has 8 nitrogen and oxygen atoms in total. The Morgan fingerprint density at radius 1 is 0.511 bits per heavy atom. The smallest absolute Gasteiger partial charge is 0.312 e. The summed E-state index contributed by atoms with van der Waals surface area (Å²) in [6.45, 7) is 3.58.